The molecule has 0 spiro atoms. The quantitative estimate of drug-likeness (QED) is 0.903. The molecule has 3 rings (SSSR count). The van der Waals surface area contributed by atoms with Crippen LogP contribution in [0.25, 0.3) is 6.08 Å². The van der Waals surface area contributed by atoms with E-state index in [2.05, 4.69) is 48.2 Å². The van der Waals surface area contributed by atoms with E-state index in [1.54, 1.807) is 4.90 Å². The van der Waals surface area contributed by atoms with Crippen LogP contribution in [0.1, 0.15) is 38.2 Å². The van der Waals surface area contributed by atoms with Crippen molar-refractivity contribution >= 4 is 12.0 Å². The normalized spacial score (nSPS) is 25.6. The predicted molar refractivity (Wildman–Crippen MR) is 94.2 cm³/mol. The summed E-state index contributed by atoms with van der Waals surface area (Å²) in [5.74, 6) is 0.716. The van der Waals surface area contributed by atoms with Crippen LogP contribution >= 0.6 is 0 Å². The number of nitrogens with one attached hydrogen (secondary N) is 1. The highest BCUT2D eigenvalue weighted by atomic mass is 16.2. The fourth-order valence-electron chi connectivity index (χ4n) is 3.92. The van der Waals surface area contributed by atoms with Gasteiger partial charge < -0.3 is 9.80 Å². The van der Waals surface area contributed by atoms with Gasteiger partial charge in [0, 0.05) is 31.8 Å². The summed E-state index contributed by atoms with van der Waals surface area (Å²) in [5, 5.41) is 0. The van der Waals surface area contributed by atoms with Crippen LogP contribution in [0.4, 0.5) is 0 Å². The van der Waals surface area contributed by atoms with Gasteiger partial charge in [0.1, 0.15) is 0 Å². The third kappa shape index (κ3) is 4.44. The van der Waals surface area contributed by atoms with Gasteiger partial charge in [-0.25, -0.2) is 0 Å². The molecule has 1 amide bonds. The fourth-order valence-corrected chi connectivity index (χ4v) is 3.92. The highest BCUT2D eigenvalue weighted by Crippen LogP contribution is 2.17. The number of hydrogen-bond acceptors (Lipinski definition) is 1. The third-order valence-corrected chi connectivity index (χ3v) is 5.20. The highest BCUT2D eigenvalue weighted by molar-refractivity contribution is 5.79. The summed E-state index contributed by atoms with van der Waals surface area (Å²) in [5.41, 5.74) is 2.71. The van der Waals surface area contributed by atoms with Crippen LogP contribution in [0.3, 0.4) is 0 Å². The second-order valence-corrected chi connectivity index (χ2v) is 7.13. The molecule has 2 fully saturated rings. The maximum absolute atomic E-state index is 12.5. The molecule has 0 aliphatic carbocycles. The summed E-state index contributed by atoms with van der Waals surface area (Å²) in [4.78, 5) is 16.2. The van der Waals surface area contributed by atoms with E-state index in [9.17, 15) is 4.79 Å². The van der Waals surface area contributed by atoms with Crippen molar-refractivity contribution in [3.8, 4) is 0 Å². The lowest BCUT2D eigenvalue weighted by Gasteiger charge is -2.31. The van der Waals surface area contributed by atoms with E-state index in [0.717, 1.165) is 45.6 Å². The monoisotopic (exact) mass is 313 g/mol. The van der Waals surface area contributed by atoms with Crippen LogP contribution in [0.5, 0.6) is 0 Å². The van der Waals surface area contributed by atoms with Crippen molar-refractivity contribution in [2.75, 3.05) is 32.7 Å². The zero-order valence-electron chi connectivity index (χ0n) is 14.3. The van der Waals surface area contributed by atoms with Crippen molar-refractivity contribution in [2.45, 2.75) is 32.6 Å². The molecule has 0 bridgehead atoms. The van der Waals surface area contributed by atoms with E-state index in [-0.39, 0.29) is 5.92 Å². The standard InChI is InChI=1S/C20H28N2O/c1-17(15-18-7-3-2-4-8-18)16-21-13-9-19(10-14-21)20(23)22-11-5-6-12-22/h2-4,7-8,15,19H,5-6,9-14,16H2,1H3/p+1/b17-15-. The number of hydrogen-bond donors (Lipinski definition) is 1. The van der Waals surface area contributed by atoms with Crippen LogP contribution in [0.2, 0.25) is 0 Å². The lowest BCUT2D eigenvalue weighted by molar-refractivity contribution is -0.900. The molecule has 0 saturated carbocycles. The number of likely N-dealkylation sites (tertiary alicyclic amines) is 2. The van der Waals surface area contributed by atoms with Gasteiger partial charge in [-0.3, -0.25) is 4.79 Å². The first-order valence-electron chi connectivity index (χ1n) is 9.07. The average Bonchev–Trinajstić information content (AvgIpc) is 3.10. The van der Waals surface area contributed by atoms with Gasteiger partial charge in [0.2, 0.25) is 5.91 Å². The topological polar surface area (TPSA) is 24.8 Å². The van der Waals surface area contributed by atoms with E-state index in [0.29, 0.717) is 5.91 Å². The second-order valence-electron chi connectivity index (χ2n) is 7.13. The van der Waals surface area contributed by atoms with E-state index < -0.39 is 0 Å². The molecular weight excluding hydrogens is 284 g/mol. The molecule has 2 aliphatic heterocycles. The summed E-state index contributed by atoms with van der Waals surface area (Å²) >= 11 is 0. The number of carbonyl (C=O) groups is 1. The number of amides is 1. The van der Waals surface area contributed by atoms with Gasteiger partial charge in [-0.15, -0.1) is 0 Å². The Kier molecular flexibility index (Phi) is 5.50. The van der Waals surface area contributed by atoms with Crippen molar-refractivity contribution in [1.29, 1.82) is 0 Å². The van der Waals surface area contributed by atoms with Crippen molar-refractivity contribution in [1.82, 2.24) is 4.90 Å². The van der Waals surface area contributed by atoms with Gasteiger partial charge in [0.15, 0.2) is 0 Å². The van der Waals surface area contributed by atoms with Crippen LogP contribution in [0.15, 0.2) is 35.9 Å². The summed E-state index contributed by atoms with van der Waals surface area (Å²) in [6, 6.07) is 10.5. The molecule has 1 aromatic rings. The minimum absolute atomic E-state index is 0.287. The van der Waals surface area contributed by atoms with E-state index in [4.69, 9.17) is 0 Å². The van der Waals surface area contributed by atoms with Gasteiger partial charge in [0.25, 0.3) is 0 Å². The Bertz CT molecular complexity index is 538. The second kappa shape index (κ2) is 7.78. The maximum atomic E-state index is 12.5. The van der Waals surface area contributed by atoms with Crippen LogP contribution in [0, 0.1) is 5.92 Å². The Labute approximate surface area is 140 Å². The van der Waals surface area contributed by atoms with Crippen molar-refractivity contribution in [3.05, 3.63) is 41.5 Å². The van der Waals surface area contributed by atoms with Crippen molar-refractivity contribution < 1.29 is 9.69 Å². The predicted octanol–water partition coefficient (Wildman–Crippen LogP) is 2.01. The van der Waals surface area contributed by atoms with E-state index in [1.807, 2.05) is 0 Å². The van der Waals surface area contributed by atoms with Gasteiger partial charge in [-0.2, -0.15) is 0 Å². The van der Waals surface area contributed by atoms with Crippen molar-refractivity contribution in [2.24, 2.45) is 5.92 Å². The Morgan fingerprint density at radius 2 is 1.83 bits per heavy atom. The first-order valence-corrected chi connectivity index (χ1v) is 9.07. The first-order chi connectivity index (χ1) is 11.2. The van der Waals surface area contributed by atoms with Gasteiger partial charge in [-0.05, 0) is 30.9 Å². The van der Waals surface area contributed by atoms with E-state index in [1.165, 1.54) is 24.0 Å². The largest absolute Gasteiger partial charge is 0.342 e. The van der Waals surface area contributed by atoms with Crippen LogP contribution < -0.4 is 4.90 Å². The number of rotatable bonds is 4. The Balaban J connectivity index is 1.47. The number of nitrogens with zero attached hydrogens (tertiary/aromatic N) is 1. The fraction of sp³-hybridized carbons (Fsp3) is 0.550. The average molecular weight is 313 g/mol. The smallest absolute Gasteiger partial charge is 0.226 e. The summed E-state index contributed by atoms with van der Waals surface area (Å²) in [6.07, 6.45) is 6.79. The molecule has 0 aromatic heterocycles. The molecule has 0 unspecified atom stereocenters. The zero-order chi connectivity index (χ0) is 16.1. The molecule has 23 heavy (non-hydrogen) atoms. The van der Waals surface area contributed by atoms with Gasteiger partial charge in [0.05, 0.1) is 19.6 Å². The van der Waals surface area contributed by atoms with Gasteiger partial charge in [-0.1, -0.05) is 36.4 Å². The molecule has 3 heteroatoms. The van der Waals surface area contributed by atoms with Crippen LogP contribution in [-0.2, 0) is 4.79 Å². The summed E-state index contributed by atoms with van der Waals surface area (Å²) in [7, 11) is 0. The molecule has 2 heterocycles. The molecule has 0 atom stereocenters. The van der Waals surface area contributed by atoms with E-state index >= 15 is 0 Å². The molecule has 0 radical (unpaired) electrons. The maximum Gasteiger partial charge on any atom is 0.226 e. The SMILES string of the molecule is C/C(=C/c1ccccc1)C[NH+]1CCC(C(=O)N2CCCC2)CC1. The molecule has 2 saturated heterocycles. The minimum Gasteiger partial charge on any atom is -0.342 e. The number of quaternary nitrogens is 1. The third-order valence-electron chi connectivity index (χ3n) is 5.20. The molecule has 124 valence electrons. The lowest BCUT2D eigenvalue weighted by atomic mass is 9.95. The summed E-state index contributed by atoms with van der Waals surface area (Å²) < 4.78 is 0. The minimum atomic E-state index is 0.287. The van der Waals surface area contributed by atoms with Gasteiger partial charge >= 0.3 is 0 Å². The van der Waals surface area contributed by atoms with Crippen LogP contribution in [-0.4, -0.2) is 43.5 Å². The first kappa shape index (κ1) is 16.3. The zero-order valence-corrected chi connectivity index (χ0v) is 14.3. The number of benzene rings is 1. The van der Waals surface area contributed by atoms with Crippen molar-refractivity contribution in [3.63, 3.8) is 0 Å². The number of piperidine rings is 1. The Morgan fingerprint density at radius 1 is 1.17 bits per heavy atom. The number of carbonyl (C=O) groups excluding carboxylic acids is 1. The molecule has 1 N–H and O–H groups in total. The Hall–Kier alpha value is -1.61. The Morgan fingerprint density at radius 3 is 2.48 bits per heavy atom. The molecule has 3 nitrogen and oxygen atoms in total. The lowest BCUT2D eigenvalue weighted by Crippen LogP contribution is -3.13. The highest BCUT2D eigenvalue weighted by Gasteiger charge is 2.31. The summed E-state index contributed by atoms with van der Waals surface area (Å²) in [6.45, 7) is 7.56. The molecular formula is C20H29N2O+. The molecule has 1 aromatic carbocycles. The molecule has 2 aliphatic rings.